The van der Waals surface area contributed by atoms with Crippen LogP contribution >= 0.6 is 27.5 Å². The van der Waals surface area contributed by atoms with Gasteiger partial charge in [-0.3, -0.25) is 0 Å². The zero-order valence-corrected chi connectivity index (χ0v) is 14.4. The van der Waals surface area contributed by atoms with Gasteiger partial charge < -0.3 is 14.2 Å². The van der Waals surface area contributed by atoms with Gasteiger partial charge in [0.05, 0.1) is 26.7 Å². The normalized spacial score (nSPS) is 11.9. The van der Waals surface area contributed by atoms with Crippen molar-refractivity contribution < 1.29 is 14.2 Å². The molecule has 0 aliphatic carbocycles. The van der Waals surface area contributed by atoms with Crippen LogP contribution < -0.4 is 14.2 Å². The summed E-state index contributed by atoms with van der Waals surface area (Å²) in [7, 11) is 4.86. The maximum absolute atomic E-state index is 6.65. The highest BCUT2D eigenvalue weighted by molar-refractivity contribution is 9.10. The molecule has 0 saturated heterocycles. The Morgan fingerprint density at radius 2 is 1.57 bits per heavy atom. The lowest BCUT2D eigenvalue weighted by Gasteiger charge is -2.18. The molecule has 0 saturated carbocycles. The van der Waals surface area contributed by atoms with E-state index < -0.39 is 5.38 Å². The van der Waals surface area contributed by atoms with Crippen LogP contribution in [-0.4, -0.2) is 21.3 Å². The number of ether oxygens (including phenoxy) is 3. The summed E-state index contributed by atoms with van der Waals surface area (Å²) in [4.78, 5) is 0. The van der Waals surface area contributed by atoms with E-state index in [0.29, 0.717) is 11.5 Å². The SMILES string of the molecule is COc1ccc(OC)c(C(Cl)c2ccc(Br)cc2OC)c1. The van der Waals surface area contributed by atoms with E-state index in [-0.39, 0.29) is 0 Å². The van der Waals surface area contributed by atoms with Crippen molar-refractivity contribution in [3.8, 4) is 17.2 Å². The minimum Gasteiger partial charge on any atom is -0.497 e. The summed E-state index contributed by atoms with van der Waals surface area (Å²) in [5, 5.41) is -0.405. The molecule has 21 heavy (non-hydrogen) atoms. The molecule has 0 radical (unpaired) electrons. The molecule has 0 bridgehead atoms. The molecule has 0 aliphatic heterocycles. The van der Waals surface area contributed by atoms with Gasteiger partial charge in [-0.2, -0.15) is 0 Å². The van der Waals surface area contributed by atoms with E-state index in [4.69, 9.17) is 25.8 Å². The Morgan fingerprint density at radius 3 is 2.19 bits per heavy atom. The van der Waals surface area contributed by atoms with Crippen LogP contribution in [-0.2, 0) is 0 Å². The average Bonchev–Trinajstić information content (AvgIpc) is 2.53. The number of alkyl halides is 1. The summed E-state index contributed by atoms with van der Waals surface area (Å²) in [6.07, 6.45) is 0. The lowest BCUT2D eigenvalue weighted by molar-refractivity contribution is 0.397. The van der Waals surface area contributed by atoms with Gasteiger partial charge in [-0.25, -0.2) is 0 Å². The maximum atomic E-state index is 6.65. The first-order valence-electron chi connectivity index (χ1n) is 6.30. The Kier molecular flexibility index (Phi) is 5.37. The third-order valence-corrected chi connectivity index (χ3v) is 4.14. The third kappa shape index (κ3) is 3.44. The maximum Gasteiger partial charge on any atom is 0.125 e. The molecule has 112 valence electrons. The third-order valence-electron chi connectivity index (χ3n) is 3.18. The zero-order valence-electron chi connectivity index (χ0n) is 12.0. The fourth-order valence-electron chi connectivity index (χ4n) is 2.10. The molecule has 0 aliphatic rings. The van der Waals surface area contributed by atoms with Gasteiger partial charge in [0, 0.05) is 15.6 Å². The Morgan fingerprint density at radius 1 is 0.857 bits per heavy atom. The number of rotatable bonds is 5. The van der Waals surface area contributed by atoms with E-state index >= 15 is 0 Å². The van der Waals surface area contributed by atoms with Crippen LogP contribution in [0.15, 0.2) is 40.9 Å². The predicted octanol–water partition coefficient (Wildman–Crippen LogP) is 4.80. The van der Waals surface area contributed by atoms with Crippen molar-refractivity contribution in [2.45, 2.75) is 5.38 Å². The van der Waals surface area contributed by atoms with Gasteiger partial charge in [-0.1, -0.05) is 22.0 Å². The predicted molar refractivity (Wildman–Crippen MR) is 87.9 cm³/mol. The topological polar surface area (TPSA) is 27.7 Å². The quantitative estimate of drug-likeness (QED) is 0.706. The molecule has 1 atom stereocenters. The van der Waals surface area contributed by atoms with E-state index in [9.17, 15) is 0 Å². The molecule has 0 fully saturated rings. The molecule has 2 aromatic carbocycles. The highest BCUT2D eigenvalue weighted by Crippen LogP contribution is 2.41. The molecule has 0 amide bonds. The van der Waals surface area contributed by atoms with E-state index in [1.54, 1.807) is 21.3 Å². The summed E-state index contributed by atoms with van der Waals surface area (Å²) < 4.78 is 17.0. The number of hydrogen-bond acceptors (Lipinski definition) is 3. The highest BCUT2D eigenvalue weighted by Gasteiger charge is 2.20. The minimum atomic E-state index is -0.405. The van der Waals surface area contributed by atoms with Crippen molar-refractivity contribution in [3.05, 3.63) is 52.0 Å². The van der Waals surface area contributed by atoms with Gasteiger partial charge in [0.2, 0.25) is 0 Å². The summed E-state index contributed by atoms with van der Waals surface area (Å²) in [5.74, 6) is 2.16. The first kappa shape index (κ1) is 16.0. The Labute approximate surface area is 137 Å². The van der Waals surface area contributed by atoms with Crippen molar-refractivity contribution in [2.24, 2.45) is 0 Å². The highest BCUT2D eigenvalue weighted by atomic mass is 79.9. The van der Waals surface area contributed by atoms with Crippen LogP contribution in [0.4, 0.5) is 0 Å². The monoisotopic (exact) mass is 370 g/mol. The zero-order chi connectivity index (χ0) is 15.4. The van der Waals surface area contributed by atoms with E-state index in [1.807, 2.05) is 36.4 Å². The van der Waals surface area contributed by atoms with Crippen molar-refractivity contribution in [2.75, 3.05) is 21.3 Å². The molecule has 0 spiro atoms. The largest absolute Gasteiger partial charge is 0.497 e. The fourth-order valence-corrected chi connectivity index (χ4v) is 2.79. The summed E-state index contributed by atoms with van der Waals surface area (Å²) >= 11 is 10.1. The standard InChI is InChI=1S/C16H16BrClO3/c1-19-11-5-7-14(20-2)13(9-11)16(18)12-6-4-10(17)8-15(12)21-3/h4-9,16H,1-3H3. The number of hydrogen-bond donors (Lipinski definition) is 0. The van der Waals surface area contributed by atoms with E-state index in [1.165, 1.54) is 0 Å². The fraction of sp³-hybridized carbons (Fsp3) is 0.250. The molecular weight excluding hydrogens is 356 g/mol. The number of methoxy groups -OCH3 is 3. The smallest absolute Gasteiger partial charge is 0.125 e. The van der Waals surface area contributed by atoms with Crippen LogP contribution in [0.1, 0.15) is 16.5 Å². The molecule has 3 nitrogen and oxygen atoms in total. The van der Waals surface area contributed by atoms with Gasteiger partial charge in [-0.15, -0.1) is 11.6 Å². The Balaban J connectivity index is 2.50. The van der Waals surface area contributed by atoms with Crippen molar-refractivity contribution in [1.82, 2.24) is 0 Å². The second kappa shape index (κ2) is 7.05. The van der Waals surface area contributed by atoms with Crippen molar-refractivity contribution in [3.63, 3.8) is 0 Å². The van der Waals surface area contributed by atoms with Crippen LogP contribution in [0.5, 0.6) is 17.2 Å². The van der Waals surface area contributed by atoms with Gasteiger partial charge in [0.15, 0.2) is 0 Å². The van der Waals surface area contributed by atoms with Crippen LogP contribution in [0.25, 0.3) is 0 Å². The van der Waals surface area contributed by atoms with Gasteiger partial charge in [-0.05, 0) is 30.3 Å². The summed E-state index contributed by atoms with van der Waals surface area (Å²) in [5.41, 5.74) is 1.70. The van der Waals surface area contributed by atoms with E-state index in [0.717, 1.165) is 21.3 Å². The molecular formula is C16H16BrClO3. The first-order valence-corrected chi connectivity index (χ1v) is 7.53. The number of benzene rings is 2. The lowest BCUT2D eigenvalue weighted by Crippen LogP contribution is -2.01. The van der Waals surface area contributed by atoms with Gasteiger partial charge in [0.25, 0.3) is 0 Å². The molecule has 2 rings (SSSR count). The van der Waals surface area contributed by atoms with Crippen LogP contribution in [0.3, 0.4) is 0 Å². The Hall–Kier alpha value is -1.39. The first-order chi connectivity index (χ1) is 10.1. The van der Waals surface area contributed by atoms with Gasteiger partial charge in [0.1, 0.15) is 17.2 Å². The second-order valence-corrected chi connectivity index (χ2v) is 5.71. The number of halogens is 2. The van der Waals surface area contributed by atoms with Crippen molar-refractivity contribution in [1.29, 1.82) is 0 Å². The molecule has 0 heterocycles. The van der Waals surface area contributed by atoms with E-state index in [2.05, 4.69) is 15.9 Å². The molecule has 2 aromatic rings. The molecule has 5 heteroatoms. The Bertz CT molecular complexity index is 631. The summed E-state index contributed by atoms with van der Waals surface area (Å²) in [6, 6.07) is 11.3. The van der Waals surface area contributed by atoms with Crippen LogP contribution in [0, 0.1) is 0 Å². The second-order valence-electron chi connectivity index (χ2n) is 4.36. The molecule has 0 N–H and O–H groups in total. The molecule has 0 aromatic heterocycles. The lowest BCUT2D eigenvalue weighted by atomic mass is 10.0. The van der Waals surface area contributed by atoms with Gasteiger partial charge >= 0.3 is 0 Å². The summed E-state index contributed by atoms with van der Waals surface area (Å²) in [6.45, 7) is 0. The average molecular weight is 372 g/mol. The molecule has 1 unspecified atom stereocenters. The van der Waals surface area contributed by atoms with Crippen LogP contribution in [0.2, 0.25) is 0 Å². The van der Waals surface area contributed by atoms with Crippen molar-refractivity contribution >= 4 is 27.5 Å². The minimum absolute atomic E-state index is 0.405.